The summed E-state index contributed by atoms with van der Waals surface area (Å²) in [5.74, 6) is -1.62. The van der Waals surface area contributed by atoms with Crippen molar-refractivity contribution in [1.82, 2.24) is 0 Å². The number of allylic oxidation sites excluding steroid dienone is 1. The molecular formula is C22H28O7. The number of carbonyl (C=O) groups is 3. The Labute approximate surface area is 170 Å². The first kappa shape index (κ1) is 20.1. The molecule has 158 valence electrons. The van der Waals surface area contributed by atoms with E-state index >= 15 is 0 Å². The van der Waals surface area contributed by atoms with Crippen molar-refractivity contribution >= 4 is 17.9 Å². The molecule has 0 radical (unpaired) electrons. The number of aliphatic hydroxyl groups is 1. The fourth-order valence-corrected chi connectivity index (χ4v) is 6.37. The van der Waals surface area contributed by atoms with Crippen LogP contribution in [0.3, 0.4) is 0 Å². The van der Waals surface area contributed by atoms with E-state index in [2.05, 4.69) is 0 Å². The van der Waals surface area contributed by atoms with Crippen molar-refractivity contribution < 1.29 is 33.7 Å². The van der Waals surface area contributed by atoms with Crippen molar-refractivity contribution in [2.75, 3.05) is 6.61 Å². The van der Waals surface area contributed by atoms with Gasteiger partial charge in [0.05, 0.1) is 11.2 Å². The molecule has 4 rings (SSSR count). The fourth-order valence-electron chi connectivity index (χ4n) is 6.37. The molecule has 3 fully saturated rings. The topological polar surface area (TPSA) is 99.1 Å². The van der Waals surface area contributed by atoms with Crippen molar-refractivity contribution in [1.29, 1.82) is 0 Å². The van der Waals surface area contributed by atoms with Gasteiger partial charge in [-0.05, 0) is 46.0 Å². The molecule has 0 aromatic carbocycles. The molecule has 7 nitrogen and oxygen atoms in total. The second-order valence-electron chi connectivity index (χ2n) is 9.26. The van der Waals surface area contributed by atoms with Gasteiger partial charge >= 0.3 is 17.9 Å². The minimum atomic E-state index is -1.01. The van der Waals surface area contributed by atoms with Crippen molar-refractivity contribution in [3.63, 3.8) is 0 Å². The zero-order valence-corrected chi connectivity index (χ0v) is 17.5. The number of ether oxygens (including phenoxy) is 3. The van der Waals surface area contributed by atoms with Crippen LogP contribution in [0.2, 0.25) is 0 Å². The molecule has 0 bridgehead atoms. The quantitative estimate of drug-likeness (QED) is 0.436. The number of carbonyl (C=O) groups excluding carboxylic acids is 3. The first-order valence-corrected chi connectivity index (χ1v) is 10.2. The third-order valence-electron chi connectivity index (χ3n) is 7.72. The van der Waals surface area contributed by atoms with E-state index in [-0.39, 0.29) is 24.0 Å². The largest absolute Gasteiger partial charge is 0.461 e. The highest BCUT2D eigenvalue weighted by Gasteiger charge is 2.85. The second-order valence-corrected chi connectivity index (χ2v) is 9.26. The Morgan fingerprint density at radius 2 is 2.00 bits per heavy atom. The Bertz CT molecular complexity index is 866. The van der Waals surface area contributed by atoms with Gasteiger partial charge in [0, 0.05) is 29.4 Å². The molecule has 1 spiro atoms. The molecule has 0 amide bonds. The molecule has 7 heteroatoms. The molecular weight excluding hydrogens is 376 g/mol. The maximum absolute atomic E-state index is 12.8. The molecule has 1 N–H and O–H groups in total. The van der Waals surface area contributed by atoms with Gasteiger partial charge in [-0.3, -0.25) is 4.79 Å². The summed E-state index contributed by atoms with van der Waals surface area (Å²) in [6.07, 6.45) is 2.99. The molecule has 1 aliphatic heterocycles. The lowest BCUT2D eigenvalue weighted by Crippen LogP contribution is -2.70. The van der Waals surface area contributed by atoms with Gasteiger partial charge in [0.2, 0.25) is 0 Å². The van der Waals surface area contributed by atoms with Gasteiger partial charge in [-0.1, -0.05) is 13.0 Å². The number of hydrogen-bond donors (Lipinski definition) is 1. The highest BCUT2D eigenvalue weighted by molar-refractivity contribution is 5.96. The maximum atomic E-state index is 12.8. The van der Waals surface area contributed by atoms with E-state index < -0.39 is 40.6 Å². The van der Waals surface area contributed by atoms with Crippen LogP contribution in [-0.2, 0) is 28.6 Å². The SMILES string of the molecule is C/C=C(\C)C(=O)O[C@H]1C[C@@]2(C)[C@@H]3CC[C@](C)(O)[C@@H]3[C@]23OC(=O)C(COC(C)=O)=C13. The molecule has 0 aromatic rings. The third-order valence-corrected chi connectivity index (χ3v) is 7.72. The van der Waals surface area contributed by atoms with Crippen LogP contribution in [0, 0.1) is 17.3 Å². The van der Waals surface area contributed by atoms with Gasteiger partial charge in [-0.25, -0.2) is 9.59 Å². The lowest BCUT2D eigenvalue weighted by atomic mass is 9.44. The van der Waals surface area contributed by atoms with E-state index in [9.17, 15) is 19.5 Å². The molecule has 29 heavy (non-hydrogen) atoms. The molecule has 4 aliphatic rings. The van der Waals surface area contributed by atoms with E-state index in [1.54, 1.807) is 26.8 Å². The molecule has 0 aromatic heterocycles. The van der Waals surface area contributed by atoms with E-state index in [4.69, 9.17) is 14.2 Å². The van der Waals surface area contributed by atoms with Crippen LogP contribution in [0.5, 0.6) is 0 Å². The molecule has 6 atom stereocenters. The second kappa shape index (κ2) is 6.17. The normalized spacial score (nSPS) is 42.6. The average molecular weight is 404 g/mol. The molecule has 0 unspecified atom stereocenters. The summed E-state index contributed by atoms with van der Waals surface area (Å²) >= 11 is 0. The van der Waals surface area contributed by atoms with Crippen LogP contribution in [-0.4, -0.2) is 46.9 Å². The predicted octanol–water partition coefficient (Wildman–Crippen LogP) is 2.22. The number of rotatable bonds is 4. The summed E-state index contributed by atoms with van der Waals surface area (Å²) in [6, 6.07) is 0. The molecule has 1 heterocycles. The highest BCUT2D eigenvalue weighted by atomic mass is 16.6. The first-order valence-electron chi connectivity index (χ1n) is 10.2. The van der Waals surface area contributed by atoms with Gasteiger partial charge < -0.3 is 19.3 Å². The van der Waals surface area contributed by atoms with Crippen molar-refractivity contribution in [2.24, 2.45) is 17.3 Å². The summed E-state index contributed by atoms with van der Waals surface area (Å²) in [6.45, 7) is 8.31. The maximum Gasteiger partial charge on any atom is 0.338 e. The monoisotopic (exact) mass is 404 g/mol. The zero-order chi connectivity index (χ0) is 21.4. The van der Waals surface area contributed by atoms with Crippen LogP contribution < -0.4 is 0 Å². The predicted molar refractivity (Wildman–Crippen MR) is 101 cm³/mol. The van der Waals surface area contributed by atoms with Crippen molar-refractivity contribution in [3.05, 3.63) is 22.8 Å². The summed E-state index contributed by atoms with van der Waals surface area (Å²) in [4.78, 5) is 36.7. The van der Waals surface area contributed by atoms with E-state index in [1.807, 2.05) is 6.92 Å². The minimum Gasteiger partial charge on any atom is -0.461 e. The van der Waals surface area contributed by atoms with Crippen molar-refractivity contribution in [3.8, 4) is 0 Å². The number of hydrogen-bond acceptors (Lipinski definition) is 7. The number of esters is 3. The van der Waals surface area contributed by atoms with E-state index in [1.165, 1.54) is 6.92 Å². The van der Waals surface area contributed by atoms with Gasteiger partial charge in [0.15, 0.2) is 0 Å². The molecule has 0 saturated heterocycles. The highest BCUT2D eigenvalue weighted by Crippen LogP contribution is 2.78. The van der Waals surface area contributed by atoms with Crippen LogP contribution in [0.25, 0.3) is 0 Å². The van der Waals surface area contributed by atoms with Gasteiger partial charge in [-0.2, -0.15) is 0 Å². The zero-order valence-electron chi connectivity index (χ0n) is 17.5. The Morgan fingerprint density at radius 1 is 1.31 bits per heavy atom. The standard InChI is InChI=1S/C22H28O7/c1-6-11(2)18(24)28-15-9-20(4)14-7-8-21(5,26)17(14)22(20)16(15)13(19(25)29-22)10-27-12(3)23/h6,14-15,17,26H,7-10H2,1-5H3/b11-6+/t14-,15+,17-,20+,21+,22+/m1/s1. The number of fused-ring (bicyclic) bond motifs is 2. The van der Waals surface area contributed by atoms with E-state index in [0.29, 0.717) is 24.0 Å². The summed E-state index contributed by atoms with van der Waals surface area (Å²) in [5.41, 5.74) is -1.14. The van der Waals surface area contributed by atoms with Crippen LogP contribution in [0.15, 0.2) is 22.8 Å². The third kappa shape index (κ3) is 2.43. The Morgan fingerprint density at radius 3 is 2.62 bits per heavy atom. The minimum absolute atomic E-state index is 0.167. The van der Waals surface area contributed by atoms with Crippen molar-refractivity contribution in [2.45, 2.75) is 71.2 Å². The first-order chi connectivity index (χ1) is 13.5. The van der Waals surface area contributed by atoms with Gasteiger partial charge in [-0.15, -0.1) is 0 Å². The Balaban J connectivity index is 1.81. The Kier molecular flexibility index (Phi) is 4.29. The smallest absolute Gasteiger partial charge is 0.338 e. The fraction of sp³-hybridized carbons (Fsp3) is 0.682. The summed E-state index contributed by atoms with van der Waals surface area (Å²) in [5, 5.41) is 11.1. The van der Waals surface area contributed by atoms with E-state index in [0.717, 1.165) is 6.42 Å². The lowest BCUT2D eigenvalue weighted by Gasteiger charge is -2.63. The molecule has 3 saturated carbocycles. The van der Waals surface area contributed by atoms with Crippen LogP contribution >= 0.6 is 0 Å². The lowest BCUT2D eigenvalue weighted by molar-refractivity contribution is -0.252. The van der Waals surface area contributed by atoms with Crippen LogP contribution in [0.1, 0.15) is 53.9 Å². The summed E-state index contributed by atoms with van der Waals surface area (Å²) in [7, 11) is 0. The average Bonchev–Trinajstić information content (AvgIpc) is 3.17. The summed E-state index contributed by atoms with van der Waals surface area (Å²) < 4.78 is 16.9. The Hall–Kier alpha value is -2.15. The van der Waals surface area contributed by atoms with Gasteiger partial charge in [0.1, 0.15) is 18.3 Å². The van der Waals surface area contributed by atoms with Crippen LogP contribution in [0.4, 0.5) is 0 Å². The molecule has 3 aliphatic carbocycles. The van der Waals surface area contributed by atoms with Gasteiger partial charge in [0.25, 0.3) is 0 Å².